The van der Waals surface area contributed by atoms with Crippen LogP contribution in [0.15, 0.2) is 236 Å². The number of aliphatic hydroxyl groups excluding tert-OH is 9. The first-order valence-corrected chi connectivity index (χ1v) is 39.1. The van der Waals surface area contributed by atoms with E-state index >= 15 is 0 Å². The van der Waals surface area contributed by atoms with E-state index < -0.39 is 108 Å². The Bertz CT molecular complexity index is 3980. The van der Waals surface area contributed by atoms with Crippen LogP contribution in [0.25, 0.3) is 0 Å². The molecular formula is C91H130CaN8O19Zn. The molecule has 29 heteroatoms. The van der Waals surface area contributed by atoms with E-state index in [0.29, 0.717) is 27.6 Å². The zero-order chi connectivity index (χ0) is 88.2. The van der Waals surface area contributed by atoms with E-state index in [1.54, 1.807) is 17.2 Å². The number of amides is 2. The number of ether oxygens (including phenoxy) is 2. The van der Waals surface area contributed by atoms with Crippen LogP contribution in [-0.4, -0.2) is 199 Å². The molecule has 2 aliphatic heterocycles. The number of cyclic esters (lactones) is 2. The van der Waals surface area contributed by atoms with Crippen molar-refractivity contribution in [3.63, 3.8) is 0 Å². The molecule has 0 unspecified atom stereocenters. The van der Waals surface area contributed by atoms with Crippen molar-refractivity contribution >= 4 is 73.4 Å². The summed E-state index contributed by atoms with van der Waals surface area (Å²) in [5, 5.41) is 105. The minimum atomic E-state index is -1.42. The molecule has 0 saturated carbocycles. The quantitative estimate of drug-likeness (QED) is 0.0190. The minimum Gasteiger partial charge on any atom is -0.548 e. The van der Waals surface area contributed by atoms with Crippen LogP contribution in [0.3, 0.4) is 0 Å². The normalized spacial score (nSPS) is 19.4. The zero-order valence-electron chi connectivity index (χ0n) is 72.0. The molecule has 3 aliphatic carbocycles. The van der Waals surface area contributed by atoms with E-state index in [1.807, 2.05) is 19.1 Å². The van der Waals surface area contributed by atoms with Gasteiger partial charge in [-0.3, -0.25) is 9.59 Å². The molecule has 7 rings (SSSR count). The molecule has 0 fully saturated rings. The van der Waals surface area contributed by atoms with E-state index in [1.165, 1.54) is 133 Å². The van der Waals surface area contributed by atoms with E-state index in [-0.39, 0.29) is 110 Å². The van der Waals surface area contributed by atoms with Crippen molar-refractivity contribution in [3.05, 3.63) is 248 Å². The number of imidazole rings is 2. The van der Waals surface area contributed by atoms with E-state index in [2.05, 4.69) is 240 Å². The summed E-state index contributed by atoms with van der Waals surface area (Å²) in [5.41, 5.74) is 28.7. The van der Waals surface area contributed by atoms with Crippen LogP contribution in [0.5, 0.6) is 0 Å². The van der Waals surface area contributed by atoms with Crippen LogP contribution in [0.2, 0.25) is 0 Å². The number of rotatable bonds is 31. The molecule has 2 amide bonds. The summed E-state index contributed by atoms with van der Waals surface area (Å²) in [5.74, 6) is -9.10. The molecule has 120 heavy (non-hydrogen) atoms. The predicted octanol–water partition coefficient (Wildman–Crippen LogP) is 9.88. The van der Waals surface area contributed by atoms with E-state index in [0.717, 1.165) is 5.57 Å². The fraction of sp³-hybridized carbons (Fsp3) is 0.473. The SMILES string of the molecule is C.CC1=C(/C=C/C(C)=C/C=C/C(C)=C/C=C/C=C(C)/C=C/C=C(C)/C=C/C2=C(C)CCCC2(C)C)C(C)(C)CCC1.CC1=C(/C=C/C(C)=C/C=C/C(C)=C/CO)C(C)(C)CCC1.NCCC(=O)N[C@@H](Cc1c[n-]cn1)C(=O)[O-].NCCC(=O)N[C@@H](Cc1c[n-]cn1)C(=O)[O-].O=C1O[C@H]([C@@H](O)CO)C(O)=C1O.O=C1O[C@H]([C@@H](O)CO)C(O)=C1O.[Ca+2].[Zn+2]. The summed E-state index contributed by atoms with van der Waals surface area (Å²) in [7, 11) is 0. The average Bonchev–Trinajstić information content (AvgIpc) is 1.16. The Hall–Kier alpha value is -8.64. The summed E-state index contributed by atoms with van der Waals surface area (Å²) in [6.07, 6.45) is 54.9. The van der Waals surface area contributed by atoms with Crippen molar-refractivity contribution in [1.82, 2.24) is 30.6 Å². The smallest absolute Gasteiger partial charge is 0.548 e. The monoisotopic (exact) mass is 1740 g/mol. The van der Waals surface area contributed by atoms with Gasteiger partial charge in [0.15, 0.2) is 23.7 Å². The molecule has 0 aromatic carbocycles. The molecule has 6 atom stereocenters. The second-order valence-corrected chi connectivity index (χ2v) is 31.0. The third-order valence-electron chi connectivity index (χ3n) is 19.4. The Morgan fingerprint density at radius 1 is 0.525 bits per heavy atom. The molecule has 2 aromatic heterocycles. The van der Waals surface area contributed by atoms with Crippen LogP contribution in [-0.2, 0) is 70.6 Å². The third-order valence-corrected chi connectivity index (χ3v) is 19.4. The fourth-order valence-electron chi connectivity index (χ4n) is 12.6. The second-order valence-electron chi connectivity index (χ2n) is 31.0. The first-order valence-electron chi connectivity index (χ1n) is 39.1. The maximum Gasteiger partial charge on any atom is 2.00 e. The predicted molar refractivity (Wildman–Crippen MR) is 461 cm³/mol. The van der Waals surface area contributed by atoms with Crippen molar-refractivity contribution in [2.24, 2.45) is 27.7 Å². The van der Waals surface area contributed by atoms with Gasteiger partial charge in [-0.25, -0.2) is 9.59 Å². The maximum atomic E-state index is 11.2. The maximum absolute atomic E-state index is 11.2. The number of nitrogens with one attached hydrogen (secondary N) is 2. The van der Waals surface area contributed by atoms with Gasteiger partial charge in [0, 0.05) is 25.9 Å². The molecule has 5 aliphatic rings. The summed E-state index contributed by atoms with van der Waals surface area (Å²) in [6, 6.07) is -2.20. The van der Waals surface area contributed by atoms with Crippen LogP contribution in [0, 0.1) is 16.2 Å². The van der Waals surface area contributed by atoms with Crippen molar-refractivity contribution < 1.29 is 114 Å². The summed E-state index contributed by atoms with van der Waals surface area (Å²) in [6.45, 7) is 32.9. The summed E-state index contributed by atoms with van der Waals surface area (Å²) in [4.78, 5) is 79.9. The van der Waals surface area contributed by atoms with Gasteiger partial charge in [-0.1, -0.05) is 257 Å². The van der Waals surface area contributed by atoms with Crippen molar-refractivity contribution in [2.75, 3.05) is 32.9 Å². The Kier molecular flexibility index (Phi) is 55.9. The first kappa shape index (κ1) is 113. The largest absolute Gasteiger partial charge is 2.00 e. The molecule has 4 heterocycles. The van der Waals surface area contributed by atoms with Gasteiger partial charge in [0.2, 0.25) is 23.3 Å². The number of hydrogen-bond acceptors (Lipinski definition) is 23. The number of carbonyl (C=O) groups is 6. The first-order chi connectivity index (χ1) is 55.1. The number of nitrogens with two attached hydrogens (primary N) is 2. The van der Waals surface area contributed by atoms with Crippen LogP contribution in [0.1, 0.15) is 193 Å². The number of esters is 2. The Morgan fingerprint density at radius 3 is 1.06 bits per heavy atom. The molecule has 2 aromatic rings. The van der Waals surface area contributed by atoms with E-state index in [4.69, 9.17) is 57.4 Å². The van der Waals surface area contributed by atoms with Crippen LogP contribution < -0.4 is 42.3 Å². The number of aliphatic hydroxyl groups is 9. The number of carbonyl (C=O) groups excluding carboxylic acids is 6. The topological polar surface area (TPSA) is 479 Å². The third kappa shape index (κ3) is 42.7. The van der Waals surface area contributed by atoms with Crippen LogP contribution >= 0.6 is 0 Å². The second kappa shape index (κ2) is 59.2. The van der Waals surface area contributed by atoms with Gasteiger partial charge in [0.1, 0.15) is 12.2 Å². The number of carboxylic acids is 2. The van der Waals surface area contributed by atoms with Gasteiger partial charge < -0.3 is 117 Å². The van der Waals surface area contributed by atoms with Crippen molar-refractivity contribution in [1.29, 1.82) is 0 Å². The zero-order valence-corrected chi connectivity index (χ0v) is 77.2. The van der Waals surface area contributed by atoms with Gasteiger partial charge >= 0.3 is 69.2 Å². The van der Waals surface area contributed by atoms with Crippen molar-refractivity contribution in [2.45, 2.75) is 231 Å². The molecule has 27 nitrogen and oxygen atoms in total. The molecule has 0 spiro atoms. The molecule has 0 bridgehead atoms. The Labute approximate surface area is 752 Å². The minimum absolute atomic E-state index is 0. The number of nitrogens with zero attached hydrogens (tertiary/aromatic N) is 4. The molecule has 0 radical (unpaired) electrons. The Balaban J connectivity index is 0. The summed E-state index contributed by atoms with van der Waals surface area (Å²) < 4.78 is 8.63. The van der Waals surface area contributed by atoms with Crippen molar-refractivity contribution in [3.8, 4) is 0 Å². The van der Waals surface area contributed by atoms with Gasteiger partial charge in [-0.2, -0.15) is 0 Å². The standard InChI is InChI=1S/C40H56.C20H30O.2C9H14N4O3.2C6H8O6.CH4.Ca.Zn/c1-31(19-13-21-33(3)25-27-37-35(5)23-15-29-39(37,7)8)17-11-12-18-32(2)20-14-22-34(4)26-28-38-36(6)24-16-30-40(38,9)10;1-16(8-6-9-17(2)13-15-21)11-12-19-18(3)10-7-14-20(19,4)5;2*10-2-1-8(14)13-7(9(15)16)3-6-4-11-5-12-6;2*7-1-2(8)5-3(9)4(10)6(11)12-5;;;/h11-14,17-22,25-28H,15-16,23-24,29-30H2,1-10H3;6,8-9,11-13,21H,7,10,14-15H2,1-5H3;2*4-5,7H,1-3,10H2,(H3,11,12,13,14,15,16);2*2,5,7-10H,1H2;1H4;;/q;;;;;;;2*+2/p-4/b12-11+,19-13+,20-14+,27-25+,28-26+,31-17+,32-18+,33-21+,34-22+;9-6+,12-11+,16-8+,17-13+;;;;;;;/t;;2*7-;2*2-,5+;;;/m..0000.../s1. The number of aromatic nitrogens is 4. The molecule has 0 saturated heterocycles. The van der Waals surface area contributed by atoms with Gasteiger partial charge in [0.05, 0.1) is 43.8 Å². The Morgan fingerprint density at radius 2 is 0.817 bits per heavy atom. The average molecular weight is 1750 g/mol. The number of aliphatic carboxylic acids is 2. The van der Waals surface area contributed by atoms with Gasteiger partial charge in [-0.15, -0.1) is 0 Å². The number of carboxylic acid groups (broad SMARTS) is 2. The fourth-order valence-corrected chi connectivity index (χ4v) is 12.6. The van der Waals surface area contributed by atoms with Gasteiger partial charge in [-0.05, 0) is 166 Å². The number of hydrogen-bond donors (Lipinski definition) is 13. The van der Waals surface area contributed by atoms with E-state index in [9.17, 15) is 39.0 Å². The van der Waals surface area contributed by atoms with Gasteiger partial charge in [0.25, 0.3) is 0 Å². The van der Waals surface area contributed by atoms with Crippen LogP contribution in [0.4, 0.5) is 0 Å². The molecule has 15 N–H and O–H groups in total. The summed E-state index contributed by atoms with van der Waals surface area (Å²) >= 11 is 0. The molecular weight excluding hydrogens is 1610 g/mol. The molecule has 652 valence electrons. The number of allylic oxidation sites excluding steroid dienone is 31.